The first-order chi connectivity index (χ1) is 51.3. The van der Waals surface area contributed by atoms with Gasteiger partial charge in [0.25, 0.3) is 0 Å². The smallest absolute Gasteiger partial charge is 0.0577 e. The average molecular weight is 1520 g/mol. The molecule has 15 heteroatoms. The lowest BCUT2D eigenvalue weighted by molar-refractivity contribution is 1.32. The topological polar surface area (TPSA) is 260 Å². The number of rotatable bonds is 0. The highest BCUT2D eigenvalue weighted by molar-refractivity contribution is 7.81. The molecule has 108 heavy (non-hydrogen) atoms. The van der Waals surface area contributed by atoms with E-state index in [9.17, 15) is 0 Å². The van der Waals surface area contributed by atoms with Gasteiger partial charge in [-0.2, -0.15) is 0 Å². The van der Waals surface area contributed by atoms with E-state index >= 15 is 0 Å². The van der Waals surface area contributed by atoms with Gasteiger partial charge in [-0.05, 0) is 291 Å². The van der Waals surface area contributed by atoms with Crippen LogP contribution in [0.15, 0.2) is 316 Å². The molecule has 558 valence electrons. The molecule has 20 N–H and O–H groups in total. The second-order valence-electron chi connectivity index (χ2n) is 25.9. The van der Waals surface area contributed by atoms with Crippen LogP contribution in [0.5, 0.6) is 0 Å². The first-order valence-electron chi connectivity index (χ1n) is 34.9. The van der Waals surface area contributed by atoms with E-state index in [0.29, 0.717) is 11.4 Å². The van der Waals surface area contributed by atoms with Gasteiger partial charge in [-0.1, -0.05) is 181 Å². The maximum absolute atomic E-state index is 5.57. The fraction of sp³-hybridized carbons (Fsp3) is 0.118. The molecule has 0 heterocycles. The first-order valence-corrected chi connectivity index (χ1v) is 37.1. The van der Waals surface area contributed by atoms with E-state index in [-0.39, 0.29) is 0 Å². The van der Waals surface area contributed by atoms with Gasteiger partial charge in [-0.3, -0.25) is 0 Å². The van der Waals surface area contributed by atoms with Crippen molar-refractivity contribution in [3.63, 3.8) is 0 Å². The van der Waals surface area contributed by atoms with Crippen molar-refractivity contribution < 1.29 is 0 Å². The van der Waals surface area contributed by atoms with E-state index in [2.05, 4.69) is 218 Å². The van der Waals surface area contributed by atoms with Gasteiger partial charge in [0, 0.05) is 70.0 Å². The van der Waals surface area contributed by atoms with Crippen molar-refractivity contribution in [2.75, 3.05) is 57.3 Å². The van der Waals surface area contributed by atoms with Crippen LogP contribution < -0.4 is 57.3 Å². The first kappa shape index (κ1) is 87.7. The van der Waals surface area contributed by atoms with Gasteiger partial charge < -0.3 is 57.3 Å². The van der Waals surface area contributed by atoms with E-state index in [4.69, 9.17) is 57.3 Å². The zero-order valence-corrected chi connectivity index (χ0v) is 68.2. The normalized spacial score (nSPS) is 9.85. The van der Waals surface area contributed by atoms with E-state index in [0.717, 1.165) is 97.8 Å². The summed E-state index contributed by atoms with van der Waals surface area (Å²) in [5.41, 5.74) is 75.7. The number of hydrogen-bond acceptors (Lipinski definition) is 15. The molecule has 0 aliphatic heterocycles. The lowest BCUT2D eigenvalue weighted by Gasteiger charge is -2.03. The quantitative estimate of drug-likeness (QED) is 0.0504. The van der Waals surface area contributed by atoms with Gasteiger partial charge in [0.05, 0.1) is 11.4 Å². The van der Waals surface area contributed by atoms with Crippen LogP contribution in [0.4, 0.5) is 56.9 Å². The Hall–Kier alpha value is -10.9. The molecule has 15 aromatic carbocycles. The third-order valence-electron chi connectivity index (χ3n) is 16.9. The van der Waals surface area contributed by atoms with Gasteiger partial charge in [0.1, 0.15) is 0 Å². The summed E-state index contributed by atoms with van der Waals surface area (Å²) in [5.74, 6) is 0. The molecule has 0 amide bonds. The van der Waals surface area contributed by atoms with E-state index in [1.54, 1.807) is 18.2 Å². The highest BCUT2D eigenvalue weighted by Gasteiger charge is 2.02. The third kappa shape index (κ3) is 30.5. The average Bonchev–Trinajstić information content (AvgIpc) is 0.810. The monoisotopic (exact) mass is 1520 g/mol. The van der Waals surface area contributed by atoms with Crippen LogP contribution in [0.3, 0.4) is 0 Å². The van der Waals surface area contributed by atoms with Crippen molar-refractivity contribution in [2.24, 2.45) is 0 Å². The molecule has 15 rings (SSSR count). The Morgan fingerprint density at radius 1 is 0.194 bits per heavy atom. The molecule has 0 aromatic heterocycles. The molecule has 0 spiro atoms. The number of benzene rings is 15. The minimum absolute atomic E-state index is 0.662. The summed E-state index contributed by atoms with van der Waals surface area (Å²) >= 11 is 21.5. The fourth-order valence-electron chi connectivity index (χ4n) is 10.2. The molecule has 0 unspecified atom stereocenters. The number of thiol groups is 5. The zero-order chi connectivity index (χ0) is 79.6. The lowest BCUT2D eigenvalue weighted by atomic mass is 10.1. The highest BCUT2D eigenvalue weighted by Crippen LogP contribution is 2.27. The Kier molecular flexibility index (Phi) is 36.5. The molecular weight excluding hydrogens is 1420 g/mol. The Labute approximate surface area is 668 Å². The van der Waals surface area contributed by atoms with Crippen LogP contribution in [-0.2, 0) is 0 Å². The summed E-state index contributed by atoms with van der Waals surface area (Å²) in [5, 5.41) is 10.3. The molecule has 15 aromatic rings. The van der Waals surface area contributed by atoms with Crippen molar-refractivity contribution in [3.05, 3.63) is 352 Å². The van der Waals surface area contributed by atoms with Crippen LogP contribution in [0.25, 0.3) is 43.1 Å². The SMILES string of the molecule is Cc1c(N)cccc1S.Cc1c(S)ccc2ccccc12.Cc1cc(N)ccc1N.Cc1cc(S)cc2ccccc12.Cc1ccc(N)cc1.Cc1ccc(N)cc1N.Cc1ccc2ccc(S)cc2c1.Cc1cccc(N)c1.Cc1cccc(N)c1N.Cc1cccc2cc(S)ccc12.Cc1ccccc1N. The van der Waals surface area contributed by atoms with Crippen molar-refractivity contribution in [1.82, 2.24) is 0 Å². The molecule has 0 fully saturated rings. The van der Waals surface area contributed by atoms with Crippen molar-refractivity contribution >= 4 is 163 Å². The minimum Gasteiger partial charge on any atom is -0.399 e. The van der Waals surface area contributed by atoms with E-state index in [1.807, 2.05) is 194 Å². The van der Waals surface area contributed by atoms with Gasteiger partial charge in [-0.25, -0.2) is 0 Å². The van der Waals surface area contributed by atoms with Gasteiger partial charge in [-0.15, -0.1) is 63.1 Å². The molecule has 0 aliphatic carbocycles. The van der Waals surface area contributed by atoms with Crippen molar-refractivity contribution in [1.29, 1.82) is 0 Å². The molecule has 0 radical (unpaired) electrons. The molecule has 0 atom stereocenters. The molecule has 10 nitrogen and oxygen atoms in total. The number of anilines is 10. The van der Waals surface area contributed by atoms with Crippen LogP contribution in [0.2, 0.25) is 0 Å². The maximum Gasteiger partial charge on any atom is 0.0577 e. The number of hydrogen-bond donors (Lipinski definition) is 15. The molecule has 0 aliphatic rings. The molecule has 0 saturated heterocycles. The summed E-state index contributed by atoms with van der Waals surface area (Å²) in [6, 6.07) is 95.9. The zero-order valence-electron chi connectivity index (χ0n) is 63.7. The van der Waals surface area contributed by atoms with Crippen LogP contribution in [0.1, 0.15) is 61.2 Å². The summed E-state index contributed by atoms with van der Waals surface area (Å²) < 4.78 is 0. The number of para-hydroxylation sites is 2. The maximum atomic E-state index is 5.57. The summed E-state index contributed by atoms with van der Waals surface area (Å²) in [4.78, 5) is 5.09. The van der Waals surface area contributed by atoms with Crippen molar-refractivity contribution in [2.45, 2.75) is 101 Å². The predicted molar refractivity (Wildman–Crippen MR) is 493 cm³/mol. The van der Waals surface area contributed by atoms with Gasteiger partial charge in [0.2, 0.25) is 0 Å². The minimum atomic E-state index is 0.662. The number of nitrogen functional groups attached to an aromatic ring is 10. The Balaban J connectivity index is 0.000000214. The summed E-state index contributed by atoms with van der Waals surface area (Å²) in [6.45, 7) is 22.3. The number of aryl methyl sites for hydroxylation is 10. The largest absolute Gasteiger partial charge is 0.399 e. The third-order valence-corrected chi connectivity index (χ3v) is 18.7. The van der Waals surface area contributed by atoms with Crippen LogP contribution >= 0.6 is 63.1 Å². The van der Waals surface area contributed by atoms with E-state index in [1.165, 1.54) is 76.5 Å². The van der Waals surface area contributed by atoms with Crippen molar-refractivity contribution in [3.8, 4) is 0 Å². The highest BCUT2D eigenvalue weighted by atomic mass is 32.1. The number of nitrogens with two attached hydrogens (primary N) is 10. The fourth-order valence-corrected chi connectivity index (χ4v) is 11.4. The molecule has 0 bridgehead atoms. The summed E-state index contributed by atoms with van der Waals surface area (Å²) in [7, 11) is 0. The van der Waals surface area contributed by atoms with Gasteiger partial charge in [0.15, 0.2) is 0 Å². The Bertz CT molecular complexity index is 5070. The Morgan fingerprint density at radius 3 is 1.20 bits per heavy atom. The van der Waals surface area contributed by atoms with Crippen LogP contribution in [0, 0.1) is 76.2 Å². The molecular formula is C93H106N10S5. The predicted octanol–water partition coefficient (Wildman–Crippen LogP) is 23.8. The van der Waals surface area contributed by atoms with Gasteiger partial charge >= 0.3 is 0 Å². The lowest BCUT2D eigenvalue weighted by Crippen LogP contribution is -1.95. The standard InChI is InChI=1S/4C11H10S.3C7H10N2.C7H9NS.3C7H9N/c1-8-2-3-9-4-5-11(12)7-10(9)6-8;1-8-3-2-4-9-7-10(12)5-6-11(8)9;1-8-6-10(12)7-9-4-2-3-5-11(8)9;1-8-10-5-3-2-4-9(10)6-7-11(8)12;1-5-4-6(8)2-3-7(5)9;1-5-2-3-6(8)4-7(5)9;1-5-3-2-4-6(8)7(5)9;1-5-6(8)3-2-4-7(5)9;1-6-2-4-7(8)5-3-6;1-6-3-2-4-7(8)5-6;1-6-4-2-3-5-7(6)8/h4*2-7,12H,1H3;3*2-4H,8-9H2,1H3;2-4,9H,8H2,1H3;3*2-5H,8H2,1H3. The second kappa shape index (κ2) is 44.9. The van der Waals surface area contributed by atoms with E-state index < -0.39 is 0 Å². The van der Waals surface area contributed by atoms with Crippen LogP contribution in [-0.4, -0.2) is 0 Å². The number of fused-ring (bicyclic) bond motifs is 4. The molecule has 0 saturated carbocycles. The summed E-state index contributed by atoms with van der Waals surface area (Å²) in [6.07, 6.45) is 0. The Morgan fingerprint density at radius 2 is 0.639 bits per heavy atom. The second-order valence-corrected chi connectivity index (χ2v) is 28.4.